The summed E-state index contributed by atoms with van der Waals surface area (Å²) in [7, 11) is -3.31. The second kappa shape index (κ2) is 7.70. The third-order valence-electron chi connectivity index (χ3n) is 4.27. The lowest BCUT2D eigenvalue weighted by molar-refractivity contribution is 0.597. The molecule has 3 aromatic rings. The van der Waals surface area contributed by atoms with Gasteiger partial charge in [0.05, 0.1) is 22.5 Å². The lowest BCUT2D eigenvalue weighted by atomic mass is 10.1. The Morgan fingerprint density at radius 1 is 1.11 bits per heavy atom. The van der Waals surface area contributed by atoms with Gasteiger partial charge in [0.25, 0.3) is 5.56 Å². The average Bonchev–Trinajstić information content (AvgIpc) is 3.13. The number of sulfone groups is 1. The van der Waals surface area contributed by atoms with Crippen molar-refractivity contribution in [3.63, 3.8) is 0 Å². The number of rotatable bonds is 6. The summed E-state index contributed by atoms with van der Waals surface area (Å²) in [6.07, 6.45) is 6.08. The molecule has 0 fully saturated rings. The van der Waals surface area contributed by atoms with Crippen LogP contribution in [0.15, 0.2) is 58.6 Å². The first-order chi connectivity index (χ1) is 12.9. The van der Waals surface area contributed by atoms with Crippen molar-refractivity contribution in [2.24, 2.45) is 0 Å². The second-order valence-electron chi connectivity index (χ2n) is 6.14. The maximum Gasteiger partial charge on any atom is 0.250 e. The first-order valence-electron chi connectivity index (χ1n) is 8.64. The highest BCUT2D eigenvalue weighted by atomic mass is 35.5. The Balaban J connectivity index is 1.97. The van der Waals surface area contributed by atoms with E-state index in [0.29, 0.717) is 17.1 Å². The third kappa shape index (κ3) is 3.99. The van der Waals surface area contributed by atoms with E-state index in [9.17, 15) is 13.2 Å². The SMILES string of the molecule is CCCn1cc(-n2cc(-c3ccc(S(=O)(=O)CC)cc3Cl)cn2)ccc1=O. The van der Waals surface area contributed by atoms with E-state index in [-0.39, 0.29) is 16.2 Å². The number of halogens is 1. The van der Waals surface area contributed by atoms with Crippen LogP contribution in [0.2, 0.25) is 5.02 Å². The van der Waals surface area contributed by atoms with Crippen LogP contribution >= 0.6 is 11.6 Å². The summed E-state index contributed by atoms with van der Waals surface area (Å²) in [6, 6.07) is 7.94. The summed E-state index contributed by atoms with van der Waals surface area (Å²) < 4.78 is 27.3. The van der Waals surface area contributed by atoms with Crippen LogP contribution < -0.4 is 5.56 Å². The summed E-state index contributed by atoms with van der Waals surface area (Å²) >= 11 is 6.32. The van der Waals surface area contributed by atoms with Crippen molar-refractivity contribution in [1.29, 1.82) is 0 Å². The number of aryl methyl sites for hydroxylation is 1. The smallest absolute Gasteiger partial charge is 0.250 e. The van der Waals surface area contributed by atoms with Gasteiger partial charge in [0.1, 0.15) is 0 Å². The highest BCUT2D eigenvalue weighted by molar-refractivity contribution is 7.91. The van der Waals surface area contributed by atoms with Crippen LogP contribution in [0.5, 0.6) is 0 Å². The summed E-state index contributed by atoms with van der Waals surface area (Å²) in [5.41, 5.74) is 2.16. The molecule has 0 aliphatic carbocycles. The summed E-state index contributed by atoms with van der Waals surface area (Å²) in [4.78, 5) is 12.1. The van der Waals surface area contributed by atoms with Crippen LogP contribution in [0.1, 0.15) is 20.3 Å². The Morgan fingerprint density at radius 2 is 1.89 bits per heavy atom. The number of hydrogen-bond donors (Lipinski definition) is 0. The van der Waals surface area contributed by atoms with Gasteiger partial charge in [0, 0.05) is 41.2 Å². The molecule has 0 N–H and O–H groups in total. The van der Waals surface area contributed by atoms with Crippen molar-refractivity contribution in [3.8, 4) is 16.8 Å². The van der Waals surface area contributed by atoms with Crippen molar-refractivity contribution in [1.82, 2.24) is 14.3 Å². The van der Waals surface area contributed by atoms with E-state index < -0.39 is 9.84 Å². The fraction of sp³-hybridized carbons (Fsp3) is 0.263. The summed E-state index contributed by atoms with van der Waals surface area (Å²) in [6.45, 7) is 4.24. The molecule has 0 saturated heterocycles. The Bertz CT molecular complexity index is 1130. The lowest BCUT2D eigenvalue weighted by Gasteiger charge is -2.07. The molecular formula is C19H20ClN3O3S. The largest absolute Gasteiger partial charge is 0.313 e. The highest BCUT2D eigenvalue weighted by Crippen LogP contribution is 2.30. The molecule has 0 aliphatic rings. The number of pyridine rings is 1. The van der Waals surface area contributed by atoms with Crippen LogP contribution in [0.3, 0.4) is 0 Å². The van der Waals surface area contributed by atoms with Gasteiger partial charge in [-0.3, -0.25) is 4.79 Å². The minimum atomic E-state index is -3.31. The van der Waals surface area contributed by atoms with Gasteiger partial charge in [-0.25, -0.2) is 13.1 Å². The van der Waals surface area contributed by atoms with E-state index >= 15 is 0 Å². The number of aromatic nitrogens is 3. The average molecular weight is 406 g/mol. The predicted octanol–water partition coefficient (Wildman–Crippen LogP) is 3.56. The molecule has 8 heteroatoms. The lowest BCUT2D eigenvalue weighted by Crippen LogP contribution is -2.19. The zero-order valence-electron chi connectivity index (χ0n) is 15.1. The van der Waals surface area contributed by atoms with E-state index in [1.807, 2.05) is 6.92 Å². The molecule has 6 nitrogen and oxygen atoms in total. The highest BCUT2D eigenvalue weighted by Gasteiger charge is 2.15. The molecule has 2 heterocycles. The van der Waals surface area contributed by atoms with Gasteiger partial charge in [0.2, 0.25) is 0 Å². The number of benzene rings is 1. The van der Waals surface area contributed by atoms with Crippen LogP contribution in [0.4, 0.5) is 0 Å². The molecule has 0 radical (unpaired) electrons. The van der Waals surface area contributed by atoms with Crippen molar-refractivity contribution in [2.75, 3.05) is 5.75 Å². The standard InChI is InChI=1S/C19H20ClN3O3S/c1-3-9-22-13-15(5-8-19(22)24)23-12-14(11-21-23)17-7-6-16(10-18(17)20)27(25,26)4-2/h5-8,10-13H,3-4,9H2,1-2H3. The van der Waals surface area contributed by atoms with E-state index in [2.05, 4.69) is 5.10 Å². The van der Waals surface area contributed by atoms with E-state index in [4.69, 9.17) is 11.6 Å². The molecule has 142 valence electrons. The van der Waals surface area contributed by atoms with E-state index in [0.717, 1.165) is 17.7 Å². The fourth-order valence-electron chi connectivity index (χ4n) is 2.76. The van der Waals surface area contributed by atoms with Crippen molar-refractivity contribution in [3.05, 3.63) is 64.3 Å². The zero-order valence-corrected chi connectivity index (χ0v) is 16.7. The van der Waals surface area contributed by atoms with Gasteiger partial charge in [-0.15, -0.1) is 0 Å². The van der Waals surface area contributed by atoms with Crippen LogP contribution in [0.25, 0.3) is 16.8 Å². The minimum Gasteiger partial charge on any atom is -0.313 e. The molecule has 1 aromatic carbocycles. The topological polar surface area (TPSA) is 74.0 Å². The molecule has 0 unspecified atom stereocenters. The van der Waals surface area contributed by atoms with Gasteiger partial charge in [-0.1, -0.05) is 31.5 Å². The molecule has 0 spiro atoms. The molecule has 3 rings (SSSR count). The molecular weight excluding hydrogens is 386 g/mol. The van der Waals surface area contributed by atoms with Gasteiger partial charge < -0.3 is 4.57 Å². The molecule has 27 heavy (non-hydrogen) atoms. The van der Waals surface area contributed by atoms with E-state index in [1.165, 1.54) is 12.1 Å². The van der Waals surface area contributed by atoms with Crippen molar-refractivity contribution in [2.45, 2.75) is 31.7 Å². The maximum absolute atomic E-state index is 12.0. The molecule has 0 bridgehead atoms. The number of hydrogen-bond acceptors (Lipinski definition) is 4. The van der Waals surface area contributed by atoms with Crippen molar-refractivity contribution >= 4 is 21.4 Å². The molecule has 0 amide bonds. The predicted molar refractivity (Wildman–Crippen MR) is 106 cm³/mol. The van der Waals surface area contributed by atoms with Gasteiger partial charge in [-0.2, -0.15) is 5.10 Å². The van der Waals surface area contributed by atoms with Gasteiger partial charge in [-0.05, 0) is 24.6 Å². The normalized spacial score (nSPS) is 11.7. The van der Waals surface area contributed by atoms with Gasteiger partial charge in [0.15, 0.2) is 9.84 Å². The monoisotopic (exact) mass is 405 g/mol. The zero-order chi connectivity index (χ0) is 19.6. The second-order valence-corrected chi connectivity index (χ2v) is 8.82. The summed E-state index contributed by atoms with van der Waals surface area (Å²) in [5.74, 6) is 0.0219. The van der Waals surface area contributed by atoms with Crippen LogP contribution in [0, 0.1) is 0 Å². The minimum absolute atomic E-state index is 0.0219. The molecule has 0 atom stereocenters. The van der Waals surface area contributed by atoms with Crippen LogP contribution in [-0.2, 0) is 16.4 Å². The van der Waals surface area contributed by atoms with E-state index in [1.54, 1.807) is 53.0 Å². The maximum atomic E-state index is 12.0. The molecule has 2 aromatic heterocycles. The molecule has 0 saturated carbocycles. The van der Waals surface area contributed by atoms with Crippen LogP contribution in [-0.4, -0.2) is 28.5 Å². The quantitative estimate of drug-likeness (QED) is 0.628. The number of nitrogens with zero attached hydrogens (tertiary/aromatic N) is 3. The van der Waals surface area contributed by atoms with Gasteiger partial charge >= 0.3 is 0 Å². The molecule has 0 aliphatic heterocycles. The Kier molecular flexibility index (Phi) is 5.53. The Hall–Kier alpha value is -2.38. The third-order valence-corrected chi connectivity index (χ3v) is 6.32. The Morgan fingerprint density at radius 3 is 2.56 bits per heavy atom. The van der Waals surface area contributed by atoms with Crippen molar-refractivity contribution < 1.29 is 8.42 Å². The Labute approximate surface area is 162 Å². The first-order valence-corrected chi connectivity index (χ1v) is 10.7. The first kappa shape index (κ1) is 19.4. The fourth-order valence-corrected chi connectivity index (χ4v) is 4.02. The summed E-state index contributed by atoms with van der Waals surface area (Å²) in [5, 5.41) is 4.69.